The van der Waals surface area contributed by atoms with Crippen LogP contribution in [0.4, 0.5) is 0 Å². The Hall–Kier alpha value is -2.65. The molecule has 0 radical (unpaired) electrons. The van der Waals surface area contributed by atoms with Gasteiger partial charge >= 0.3 is 17.9 Å². The third kappa shape index (κ3) is 26.2. The molecule has 4 N–H and O–H groups in total. The second-order valence-electron chi connectivity index (χ2n) is 13.9. The fourth-order valence-corrected chi connectivity index (χ4v) is 6.52. The van der Waals surface area contributed by atoms with E-state index in [0.29, 0.717) is 25.9 Å². The van der Waals surface area contributed by atoms with Gasteiger partial charge in [0.1, 0.15) is 0 Å². The first kappa shape index (κ1) is 45.4. The van der Waals surface area contributed by atoms with Crippen molar-refractivity contribution in [2.24, 2.45) is 0 Å². The molecule has 0 aliphatic carbocycles. The van der Waals surface area contributed by atoms with E-state index in [1.807, 2.05) is 12.3 Å². The smallest absolute Gasteiger partial charge is 0.305 e. The number of carbonyl (C=O) groups is 3. The minimum Gasteiger partial charge on any atom is -0.481 e. The zero-order valence-corrected chi connectivity index (χ0v) is 31.6. The number of aliphatic hydroxyl groups is 1. The second kappa shape index (κ2) is 32.3. The van der Waals surface area contributed by atoms with Crippen LogP contribution in [0, 0.1) is 0 Å². The Bertz CT molecular complexity index is 991. The number of carbonyl (C=O) groups excluding carboxylic acids is 1. The highest BCUT2D eigenvalue weighted by atomic mass is 16.5. The van der Waals surface area contributed by atoms with Crippen molar-refractivity contribution in [3.8, 4) is 0 Å². The first-order valence-corrected chi connectivity index (χ1v) is 20.1. The summed E-state index contributed by atoms with van der Waals surface area (Å²) in [6.07, 6.45) is 30.6. The molecule has 0 aromatic carbocycles. The first-order valence-electron chi connectivity index (χ1n) is 20.1. The summed E-state index contributed by atoms with van der Waals surface area (Å²) in [6.45, 7) is 5.72. The number of nitrogens with zero attached hydrogens (tertiary/aromatic N) is 1. The van der Waals surface area contributed by atoms with Crippen molar-refractivity contribution in [3.05, 3.63) is 35.2 Å². The molecule has 1 aliphatic heterocycles. The molecule has 0 aromatic rings. The summed E-state index contributed by atoms with van der Waals surface area (Å²) in [7, 11) is 0. The predicted molar refractivity (Wildman–Crippen MR) is 203 cm³/mol. The number of aliphatic hydroxyl groups excluding tert-OH is 1. The van der Waals surface area contributed by atoms with Gasteiger partial charge in [-0.25, -0.2) is 0 Å². The van der Waals surface area contributed by atoms with Gasteiger partial charge in [0.05, 0.1) is 6.61 Å². The van der Waals surface area contributed by atoms with Crippen LogP contribution >= 0.6 is 0 Å². The van der Waals surface area contributed by atoms with Gasteiger partial charge in [0.25, 0.3) is 0 Å². The Morgan fingerprint density at radius 3 is 1.82 bits per heavy atom. The van der Waals surface area contributed by atoms with E-state index in [2.05, 4.69) is 23.2 Å². The molecule has 0 aromatic heterocycles. The highest BCUT2D eigenvalue weighted by Gasteiger charge is 2.15. The lowest BCUT2D eigenvalue weighted by molar-refractivity contribution is -0.144. The number of unbranched alkanes of at least 4 members (excludes halogenated alkanes) is 14. The molecule has 0 bridgehead atoms. The van der Waals surface area contributed by atoms with E-state index in [9.17, 15) is 19.5 Å². The Morgan fingerprint density at radius 2 is 1.20 bits per heavy atom. The van der Waals surface area contributed by atoms with Crippen LogP contribution in [-0.4, -0.2) is 71.0 Å². The van der Waals surface area contributed by atoms with Gasteiger partial charge in [-0.2, -0.15) is 0 Å². The molecule has 1 heterocycles. The van der Waals surface area contributed by atoms with Crippen LogP contribution in [0.5, 0.6) is 0 Å². The van der Waals surface area contributed by atoms with E-state index >= 15 is 0 Å². The molecular formula is C41H72N2O7. The molecule has 0 saturated carbocycles. The predicted octanol–water partition coefficient (Wildman–Crippen LogP) is 9.45. The molecule has 50 heavy (non-hydrogen) atoms. The quantitative estimate of drug-likeness (QED) is 0.0376. The minimum absolute atomic E-state index is 0.0905. The molecule has 288 valence electrons. The van der Waals surface area contributed by atoms with Crippen LogP contribution in [0.2, 0.25) is 0 Å². The summed E-state index contributed by atoms with van der Waals surface area (Å²) >= 11 is 0. The standard InChI is InChI=1S/C41H72N2O7/c1-2-3-4-5-6-7-8-9-10-11-20-35-50-41(49)29-16-17-31-43(32-18-19-34-44)33-22-24-36-23-21-30-42-38(26-13-15-28-40(47)48)37(36)25-12-14-27-39(45)46/h21,23,30,42,44H,2-20,22,24-29,31-35H2,1H3,(H,45,46)(H,47,48). The number of rotatable bonds is 35. The Morgan fingerprint density at radius 1 is 0.640 bits per heavy atom. The summed E-state index contributed by atoms with van der Waals surface area (Å²) in [5.74, 6) is -1.64. The van der Waals surface area contributed by atoms with Crippen LogP contribution in [0.15, 0.2) is 35.2 Å². The maximum atomic E-state index is 12.3. The van der Waals surface area contributed by atoms with Crippen molar-refractivity contribution < 1.29 is 34.4 Å². The monoisotopic (exact) mass is 705 g/mol. The summed E-state index contributed by atoms with van der Waals surface area (Å²) in [5, 5.41) is 30.9. The number of nitrogens with one attached hydrogen (secondary N) is 1. The van der Waals surface area contributed by atoms with Crippen molar-refractivity contribution in [1.82, 2.24) is 10.2 Å². The average molecular weight is 705 g/mol. The number of carboxylic acids is 2. The zero-order chi connectivity index (χ0) is 36.5. The highest BCUT2D eigenvalue weighted by Crippen LogP contribution is 2.29. The molecule has 0 amide bonds. The van der Waals surface area contributed by atoms with Gasteiger partial charge in [0, 0.05) is 37.8 Å². The minimum atomic E-state index is -0.777. The number of carboxylic acid groups (broad SMARTS) is 2. The molecule has 0 fully saturated rings. The second-order valence-corrected chi connectivity index (χ2v) is 13.9. The lowest BCUT2D eigenvalue weighted by Gasteiger charge is -2.23. The van der Waals surface area contributed by atoms with Gasteiger partial charge in [-0.15, -0.1) is 0 Å². The van der Waals surface area contributed by atoms with Crippen LogP contribution in [0.1, 0.15) is 174 Å². The highest BCUT2D eigenvalue weighted by molar-refractivity contribution is 5.69. The van der Waals surface area contributed by atoms with Gasteiger partial charge in [-0.05, 0) is 120 Å². The van der Waals surface area contributed by atoms with Gasteiger partial charge in [-0.1, -0.05) is 77.2 Å². The molecule has 9 nitrogen and oxygen atoms in total. The summed E-state index contributed by atoms with van der Waals surface area (Å²) in [5.41, 5.74) is 3.60. The van der Waals surface area contributed by atoms with E-state index in [4.69, 9.17) is 14.9 Å². The Balaban J connectivity index is 2.48. The molecule has 0 saturated heterocycles. The fraction of sp³-hybridized carbons (Fsp3) is 0.780. The van der Waals surface area contributed by atoms with Crippen molar-refractivity contribution in [1.29, 1.82) is 0 Å². The van der Waals surface area contributed by atoms with Crippen molar-refractivity contribution in [3.63, 3.8) is 0 Å². The maximum absolute atomic E-state index is 12.3. The molecule has 0 spiro atoms. The van der Waals surface area contributed by atoms with E-state index in [0.717, 1.165) is 102 Å². The van der Waals surface area contributed by atoms with Gasteiger partial charge in [-0.3, -0.25) is 14.4 Å². The van der Waals surface area contributed by atoms with Crippen LogP contribution in [0.3, 0.4) is 0 Å². The Labute approximate surface area is 304 Å². The summed E-state index contributed by atoms with van der Waals surface area (Å²) < 4.78 is 5.50. The normalized spacial score (nSPS) is 13.0. The molecule has 9 heteroatoms. The summed E-state index contributed by atoms with van der Waals surface area (Å²) in [6, 6.07) is 0. The molecule has 0 atom stereocenters. The third-order valence-electron chi connectivity index (χ3n) is 9.46. The van der Waals surface area contributed by atoms with E-state index < -0.39 is 11.9 Å². The Kier molecular flexibility index (Phi) is 29.3. The van der Waals surface area contributed by atoms with Crippen molar-refractivity contribution in [2.75, 3.05) is 32.8 Å². The largest absolute Gasteiger partial charge is 0.481 e. The van der Waals surface area contributed by atoms with Crippen molar-refractivity contribution >= 4 is 17.9 Å². The molecule has 0 unspecified atom stereocenters. The average Bonchev–Trinajstić information content (AvgIpc) is 3.28. The number of ether oxygens (including phenoxy) is 1. The van der Waals surface area contributed by atoms with Crippen molar-refractivity contribution in [2.45, 2.75) is 174 Å². The maximum Gasteiger partial charge on any atom is 0.305 e. The lowest BCUT2D eigenvalue weighted by atomic mass is 9.92. The summed E-state index contributed by atoms with van der Waals surface area (Å²) in [4.78, 5) is 36.8. The van der Waals surface area contributed by atoms with Gasteiger partial charge in [0.15, 0.2) is 0 Å². The molecular weight excluding hydrogens is 632 g/mol. The lowest BCUT2D eigenvalue weighted by Crippen LogP contribution is -2.27. The number of esters is 1. The number of allylic oxidation sites excluding steroid dienone is 5. The SMILES string of the molecule is CCCCCCCCCCCCCOC(=O)CCCCN(CCCCO)CCCC1=CC=CNC(CCCCC(=O)O)=C1CCCCC(=O)O. The first-order chi connectivity index (χ1) is 24.4. The number of aliphatic carboxylic acids is 2. The number of hydrogen-bond donors (Lipinski definition) is 4. The fourth-order valence-electron chi connectivity index (χ4n) is 6.52. The van der Waals surface area contributed by atoms with Crippen LogP contribution in [-0.2, 0) is 19.1 Å². The number of hydrogen-bond acceptors (Lipinski definition) is 7. The molecule has 1 rings (SSSR count). The zero-order valence-electron chi connectivity index (χ0n) is 31.6. The topological polar surface area (TPSA) is 136 Å². The van der Waals surface area contributed by atoms with E-state index in [1.54, 1.807) is 0 Å². The third-order valence-corrected chi connectivity index (χ3v) is 9.46. The van der Waals surface area contributed by atoms with Crippen LogP contribution < -0.4 is 5.32 Å². The van der Waals surface area contributed by atoms with Gasteiger partial charge < -0.3 is 30.3 Å². The van der Waals surface area contributed by atoms with Gasteiger partial charge in [0.2, 0.25) is 0 Å². The molecule has 1 aliphatic rings. The van der Waals surface area contributed by atoms with E-state index in [1.165, 1.54) is 68.9 Å². The van der Waals surface area contributed by atoms with E-state index in [-0.39, 0.29) is 25.4 Å². The van der Waals surface area contributed by atoms with Crippen LogP contribution in [0.25, 0.3) is 0 Å².